The number of ether oxygens (including phenoxy) is 1. The highest BCUT2D eigenvalue weighted by molar-refractivity contribution is 8.00. The molecule has 1 unspecified atom stereocenters. The third-order valence-corrected chi connectivity index (χ3v) is 5.31. The summed E-state index contributed by atoms with van der Waals surface area (Å²) in [7, 11) is 0. The van der Waals surface area contributed by atoms with Crippen LogP contribution in [0.2, 0.25) is 0 Å². The molecule has 1 aliphatic heterocycles. The second-order valence-corrected chi connectivity index (χ2v) is 6.92. The Labute approximate surface area is 154 Å². The van der Waals surface area contributed by atoms with Crippen LogP contribution >= 0.6 is 11.8 Å². The summed E-state index contributed by atoms with van der Waals surface area (Å²) in [5, 5.41) is 2.18. The minimum absolute atomic E-state index is 0.127. The predicted octanol–water partition coefficient (Wildman–Crippen LogP) is 2.85. The molecule has 2 amide bonds. The van der Waals surface area contributed by atoms with E-state index in [1.807, 2.05) is 48.7 Å². The van der Waals surface area contributed by atoms with E-state index in [2.05, 4.69) is 10.4 Å². The van der Waals surface area contributed by atoms with Gasteiger partial charge in [-0.05, 0) is 18.2 Å². The van der Waals surface area contributed by atoms with Gasteiger partial charge in [-0.15, -0.1) is 11.8 Å². The highest BCUT2D eigenvalue weighted by Gasteiger charge is 2.35. The minimum atomic E-state index is -0.366. The van der Waals surface area contributed by atoms with Crippen molar-refractivity contribution in [2.75, 3.05) is 12.4 Å². The average molecular weight is 367 g/mol. The Kier molecular flexibility index (Phi) is 4.53. The van der Waals surface area contributed by atoms with E-state index in [0.29, 0.717) is 11.5 Å². The maximum atomic E-state index is 12.3. The molecular formula is C19H17N3O3S. The molecule has 0 bridgehead atoms. The number of thioether (sulfide) groups is 1. The SMILES string of the molecule is O=C(COc1ccccc1)NN1C(=O)CSC1c1c[nH]c2ccccc12. The molecule has 2 aromatic carbocycles. The van der Waals surface area contributed by atoms with Crippen LogP contribution in [-0.4, -0.2) is 34.2 Å². The van der Waals surface area contributed by atoms with Gasteiger partial charge in [-0.2, -0.15) is 0 Å². The molecule has 1 atom stereocenters. The molecule has 0 saturated carbocycles. The van der Waals surface area contributed by atoms with Crippen LogP contribution in [0.25, 0.3) is 10.9 Å². The van der Waals surface area contributed by atoms with E-state index < -0.39 is 0 Å². The Bertz CT molecular complexity index is 941. The zero-order valence-electron chi connectivity index (χ0n) is 13.8. The zero-order valence-corrected chi connectivity index (χ0v) is 14.7. The Morgan fingerprint density at radius 3 is 2.81 bits per heavy atom. The van der Waals surface area contributed by atoms with Gasteiger partial charge in [0.25, 0.3) is 11.8 Å². The van der Waals surface area contributed by atoms with Crippen molar-refractivity contribution >= 4 is 34.5 Å². The first kappa shape index (κ1) is 16.5. The van der Waals surface area contributed by atoms with E-state index in [1.54, 1.807) is 12.1 Å². The molecule has 7 heteroatoms. The van der Waals surface area contributed by atoms with Crippen molar-refractivity contribution in [3.63, 3.8) is 0 Å². The van der Waals surface area contributed by atoms with Crippen LogP contribution in [0.15, 0.2) is 60.8 Å². The molecule has 132 valence electrons. The number of nitrogens with one attached hydrogen (secondary N) is 2. The van der Waals surface area contributed by atoms with Gasteiger partial charge < -0.3 is 9.72 Å². The first-order valence-electron chi connectivity index (χ1n) is 8.19. The fraction of sp³-hybridized carbons (Fsp3) is 0.158. The topological polar surface area (TPSA) is 74.4 Å². The molecule has 0 aliphatic carbocycles. The number of carbonyl (C=O) groups excluding carboxylic acids is 2. The maximum absolute atomic E-state index is 12.3. The quantitative estimate of drug-likeness (QED) is 0.727. The minimum Gasteiger partial charge on any atom is -0.484 e. The molecular weight excluding hydrogens is 350 g/mol. The van der Waals surface area contributed by atoms with Crippen molar-refractivity contribution in [2.45, 2.75) is 5.37 Å². The molecule has 2 N–H and O–H groups in total. The fourth-order valence-corrected chi connectivity index (χ4v) is 4.04. The third-order valence-electron chi connectivity index (χ3n) is 4.11. The lowest BCUT2D eigenvalue weighted by Crippen LogP contribution is -2.46. The number of carbonyl (C=O) groups is 2. The monoisotopic (exact) mass is 367 g/mol. The number of rotatable bonds is 5. The molecule has 1 aliphatic rings. The highest BCUT2D eigenvalue weighted by Crippen LogP contribution is 2.40. The van der Waals surface area contributed by atoms with Crippen molar-refractivity contribution in [1.29, 1.82) is 0 Å². The van der Waals surface area contributed by atoms with Gasteiger partial charge in [-0.3, -0.25) is 15.0 Å². The van der Waals surface area contributed by atoms with Crippen LogP contribution in [0.4, 0.5) is 0 Å². The molecule has 1 saturated heterocycles. The summed E-state index contributed by atoms with van der Waals surface area (Å²) in [6.45, 7) is -0.154. The number of hydrogen-bond acceptors (Lipinski definition) is 4. The standard InChI is InChI=1S/C19H17N3O3S/c23-17(11-25-13-6-2-1-3-7-13)21-22-18(24)12-26-19(22)15-10-20-16-9-5-4-8-14(15)16/h1-10,19-20H,11-12H2,(H,21,23). The molecule has 1 fully saturated rings. The molecule has 1 aromatic heterocycles. The maximum Gasteiger partial charge on any atom is 0.276 e. The molecule has 2 heterocycles. The first-order chi connectivity index (χ1) is 12.7. The average Bonchev–Trinajstić information content (AvgIpc) is 3.25. The van der Waals surface area contributed by atoms with Gasteiger partial charge in [0.05, 0.1) is 5.75 Å². The van der Waals surface area contributed by atoms with Crippen LogP contribution in [-0.2, 0) is 9.59 Å². The predicted molar refractivity (Wildman–Crippen MR) is 100 cm³/mol. The number of aromatic nitrogens is 1. The molecule has 4 rings (SSSR count). The van der Waals surface area contributed by atoms with Gasteiger partial charge in [0, 0.05) is 22.7 Å². The lowest BCUT2D eigenvalue weighted by molar-refractivity contribution is -0.140. The summed E-state index contributed by atoms with van der Waals surface area (Å²) in [6, 6.07) is 17.0. The number of hydrazine groups is 1. The summed E-state index contributed by atoms with van der Waals surface area (Å²) in [5.74, 6) is 0.440. The van der Waals surface area contributed by atoms with Gasteiger partial charge in [0.15, 0.2) is 6.61 Å². The van der Waals surface area contributed by atoms with Crippen molar-refractivity contribution < 1.29 is 14.3 Å². The summed E-state index contributed by atoms with van der Waals surface area (Å²) in [4.78, 5) is 27.7. The van der Waals surface area contributed by atoms with Gasteiger partial charge in [0.2, 0.25) is 0 Å². The number of benzene rings is 2. The number of hydrogen-bond donors (Lipinski definition) is 2. The molecule has 0 radical (unpaired) electrons. The number of fused-ring (bicyclic) bond motifs is 1. The van der Waals surface area contributed by atoms with E-state index in [-0.39, 0.29) is 23.8 Å². The third kappa shape index (κ3) is 3.25. The van der Waals surface area contributed by atoms with E-state index in [4.69, 9.17) is 4.74 Å². The number of nitrogens with zero attached hydrogens (tertiary/aromatic N) is 1. The van der Waals surface area contributed by atoms with Crippen LogP contribution in [0, 0.1) is 0 Å². The second kappa shape index (κ2) is 7.13. The van der Waals surface area contributed by atoms with E-state index in [0.717, 1.165) is 16.5 Å². The Balaban J connectivity index is 1.47. The molecule has 26 heavy (non-hydrogen) atoms. The number of amides is 2. The number of aromatic amines is 1. The summed E-state index contributed by atoms with van der Waals surface area (Å²) < 4.78 is 5.45. The van der Waals surface area contributed by atoms with E-state index >= 15 is 0 Å². The van der Waals surface area contributed by atoms with Gasteiger partial charge in [0.1, 0.15) is 11.1 Å². The largest absolute Gasteiger partial charge is 0.484 e. The van der Waals surface area contributed by atoms with Crippen molar-refractivity contribution in [1.82, 2.24) is 15.4 Å². The smallest absolute Gasteiger partial charge is 0.276 e. The fourth-order valence-electron chi connectivity index (χ4n) is 2.91. The summed E-state index contributed by atoms with van der Waals surface area (Å²) in [5.41, 5.74) is 4.66. The second-order valence-electron chi connectivity index (χ2n) is 5.85. The Morgan fingerprint density at radius 2 is 1.96 bits per heavy atom. The van der Waals surface area contributed by atoms with Crippen molar-refractivity contribution in [3.8, 4) is 5.75 Å². The van der Waals surface area contributed by atoms with Crippen LogP contribution in [0.3, 0.4) is 0 Å². The number of para-hydroxylation sites is 2. The lowest BCUT2D eigenvalue weighted by Gasteiger charge is -2.24. The number of H-pyrrole nitrogens is 1. The van der Waals surface area contributed by atoms with Crippen LogP contribution in [0.1, 0.15) is 10.9 Å². The van der Waals surface area contributed by atoms with Gasteiger partial charge in [-0.25, -0.2) is 5.01 Å². The van der Waals surface area contributed by atoms with Crippen LogP contribution < -0.4 is 10.2 Å². The van der Waals surface area contributed by atoms with Crippen LogP contribution in [0.5, 0.6) is 5.75 Å². The first-order valence-corrected chi connectivity index (χ1v) is 9.24. The van der Waals surface area contributed by atoms with Crippen molar-refractivity contribution in [3.05, 3.63) is 66.4 Å². The lowest BCUT2D eigenvalue weighted by atomic mass is 10.1. The Hall–Kier alpha value is -2.93. The summed E-state index contributed by atoms with van der Waals surface area (Å²) >= 11 is 1.49. The summed E-state index contributed by atoms with van der Waals surface area (Å²) in [6.07, 6.45) is 1.89. The van der Waals surface area contributed by atoms with Gasteiger partial charge in [-0.1, -0.05) is 36.4 Å². The highest BCUT2D eigenvalue weighted by atomic mass is 32.2. The van der Waals surface area contributed by atoms with E-state index in [1.165, 1.54) is 16.8 Å². The molecule has 3 aromatic rings. The molecule has 0 spiro atoms. The van der Waals surface area contributed by atoms with E-state index in [9.17, 15) is 9.59 Å². The normalized spacial score (nSPS) is 16.8. The van der Waals surface area contributed by atoms with Gasteiger partial charge >= 0.3 is 0 Å². The van der Waals surface area contributed by atoms with Crippen molar-refractivity contribution in [2.24, 2.45) is 0 Å². The Morgan fingerprint density at radius 1 is 1.19 bits per heavy atom. The zero-order chi connectivity index (χ0) is 17.9. The molecule has 6 nitrogen and oxygen atoms in total.